The van der Waals surface area contributed by atoms with Gasteiger partial charge in [-0.15, -0.1) is 0 Å². The van der Waals surface area contributed by atoms with Gasteiger partial charge in [-0.3, -0.25) is 9.59 Å². The highest BCUT2D eigenvalue weighted by atomic mass is 32.2. The molecule has 8 heteroatoms. The molecule has 0 bridgehead atoms. The number of amides is 1. The van der Waals surface area contributed by atoms with Crippen LogP contribution in [0.5, 0.6) is 0 Å². The molecule has 0 fully saturated rings. The van der Waals surface area contributed by atoms with Gasteiger partial charge in [0.1, 0.15) is 0 Å². The number of primary sulfonamides is 1. The van der Waals surface area contributed by atoms with E-state index in [-0.39, 0.29) is 16.8 Å². The van der Waals surface area contributed by atoms with E-state index in [1.165, 1.54) is 31.2 Å². The molecule has 1 aliphatic carbocycles. The molecule has 0 unspecified atom stereocenters. The van der Waals surface area contributed by atoms with Crippen molar-refractivity contribution in [3.05, 3.63) is 36.4 Å². The maximum absolute atomic E-state index is 12.1. The Morgan fingerprint density at radius 3 is 2.46 bits per heavy atom. The Labute approximate surface area is 140 Å². The van der Waals surface area contributed by atoms with E-state index in [0.717, 1.165) is 12.8 Å². The van der Waals surface area contributed by atoms with Crippen LogP contribution in [-0.4, -0.2) is 26.4 Å². The van der Waals surface area contributed by atoms with Crippen molar-refractivity contribution in [3.8, 4) is 0 Å². The maximum atomic E-state index is 12.1. The number of ether oxygens (including phenoxy) is 1. The summed E-state index contributed by atoms with van der Waals surface area (Å²) in [6, 6.07) is 5.40. The number of carbonyl (C=O) groups is 2. The number of benzene rings is 1. The van der Waals surface area contributed by atoms with Gasteiger partial charge in [0, 0.05) is 5.69 Å². The Morgan fingerprint density at radius 2 is 1.92 bits per heavy atom. The van der Waals surface area contributed by atoms with E-state index in [1.807, 2.05) is 12.2 Å². The third-order valence-corrected chi connectivity index (χ3v) is 4.64. The minimum absolute atomic E-state index is 0.0506. The van der Waals surface area contributed by atoms with Crippen molar-refractivity contribution >= 4 is 27.6 Å². The quantitative estimate of drug-likeness (QED) is 0.616. The summed E-state index contributed by atoms with van der Waals surface area (Å²) in [5, 5.41) is 7.57. The highest BCUT2D eigenvalue weighted by Crippen LogP contribution is 2.20. The SMILES string of the molecule is C[C@H](OC(=O)[C@H]1CC=CCC1)C(=O)Nc1ccc(S(N)(=O)=O)cc1. The van der Waals surface area contributed by atoms with Crippen LogP contribution in [-0.2, 0) is 24.3 Å². The molecular formula is C16H20N2O5S. The molecule has 0 saturated heterocycles. The molecule has 2 atom stereocenters. The van der Waals surface area contributed by atoms with Gasteiger partial charge in [-0.1, -0.05) is 12.2 Å². The normalized spacial score (nSPS) is 18.7. The van der Waals surface area contributed by atoms with Gasteiger partial charge in [-0.25, -0.2) is 13.6 Å². The first kappa shape index (κ1) is 18.2. The second-order valence-electron chi connectivity index (χ2n) is 5.62. The van der Waals surface area contributed by atoms with E-state index >= 15 is 0 Å². The highest BCUT2D eigenvalue weighted by Gasteiger charge is 2.25. The molecule has 24 heavy (non-hydrogen) atoms. The van der Waals surface area contributed by atoms with Gasteiger partial charge in [0.15, 0.2) is 6.10 Å². The fourth-order valence-corrected chi connectivity index (χ4v) is 2.82. The largest absolute Gasteiger partial charge is 0.452 e. The molecule has 2 rings (SSSR count). The molecule has 0 radical (unpaired) electrons. The van der Waals surface area contributed by atoms with Crippen molar-refractivity contribution in [2.75, 3.05) is 5.32 Å². The zero-order chi connectivity index (χ0) is 17.7. The molecule has 1 aromatic rings. The summed E-state index contributed by atoms with van der Waals surface area (Å²) in [4.78, 5) is 24.0. The first-order valence-corrected chi connectivity index (χ1v) is 9.11. The summed E-state index contributed by atoms with van der Waals surface area (Å²) >= 11 is 0. The van der Waals surface area contributed by atoms with Crippen molar-refractivity contribution in [1.29, 1.82) is 0 Å². The zero-order valence-electron chi connectivity index (χ0n) is 13.3. The van der Waals surface area contributed by atoms with E-state index in [1.54, 1.807) is 0 Å². The third kappa shape index (κ3) is 4.90. The smallest absolute Gasteiger partial charge is 0.310 e. The first-order chi connectivity index (χ1) is 11.3. The Hall–Kier alpha value is -2.19. The number of hydrogen-bond acceptors (Lipinski definition) is 5. The Bertz CT molecular complexity index is 740. The Kier molecular flexibility index (Phi) is 5.74. The van der Waals surface area contributed by atoms with Crippen LogP contribution in [0.15, 0.2) is 41.3 Å². The molecule has 1 aromatic carbocycles. The van der Waals surface area contributed by atoms with Crippen molar-refractivity contribution in [2.24, 2.45) is 11.1 Å². The number of rotatable bonds is 5. The fraction of sp³-hybridized carbons (Fsp3) is 0.375. The summed E-state index contributed by atoms with van der Waals surface area (Å²) < 4.78 is 27.5. The van der Waals surface area contributed by atoms with E-state index in [2.05, 4.69) is 5.32 Å². The van der Waals surface area contributed by atoms with Crippen LogP contribution in [0.3, 0.4) is 0 Å². The molecular weight excluding hydrogens is 332 g/mol. The number of allylic oxidation sites excluding steroid dienone is 2. The van der Waals surface area contributed by atoms with Crippen LogP contribution in [0.4, 0.5) is 5.69 Å². The molecule has 7 nitrogen and oxygen atoms in total. The van der Waals surface area contributed by atoms with Gasteiger partial charge in [-0.05, 0) is 50.5 Å². The monoisotopic (exact) mass is 352 g/mol. The number of nitrogens with two attached hydrogens (primary N) is 1. The molecule has 3 N–H and O–H groups in total. The maximum Gasteiger partial charge on any atom is 0.310 e. The lowest BCUT2D eigenvalue weighted by Crippen LogP contribution is -2.32. The van der Waals surface area contributed by atoms with Crippen molar-refractivity contribution in [2.45, 2.75) is 37.2 Å². The fourth-order valence-electron chi connectivity index (χ4n) is 2.30. The molecule has 0 spiro atoms. The van der Waals surface area contributed by atoms with Crippen LogP contribution in [0, 0.1) is 5.92 Å². The molecule has 0 heterocycles. The lowest BCUT2D eigenvalue weighted by Gasteiger charge is -2.19. The van der Waals surface area contributed by atoms with Crippen molar-refractivity contribution in [3.63, 3.8) is 0 Å². The van der Waals surface area contributed by atoms with Gasteiger partial charge in [-0.2, -0.15) is 0 Å². The van der Waals surface area contributed by atoms with Crippen LogP contribution in [0.2, 0.25) is 0 Å². The van der Waals surface area contributed by atoms with E-state index in [4.69, 9.17) is 9.88 Å². The van der Waals surface area contributed by atoms with Crippen LogP contribution >= 0.6 is 0 Å². The predicted molar refractivity (Wildman–Crippen MR) is 88.5 cm³/mol. The second-order valence-corrected chi connectivity index (χ2v) is 7.18. The van der Waals surface area contributed by atoms with Gasteiger partial charge in [0.25, 0.3) is 5.91 Å². The van der Waals surface area contributed by atoms with Crippen LogP contribution < -0.4 is 10.5 Å². The number of sulfonamides is 1. The lowest BCUT2D eigenvalue weighted by atomic mass is 9.95. The summed E-state index contributed by atoms with van der Waals surface area (Å²) in [5.74, 6) is -1.08. The molecule has 0 aromatic heterocycles. The Balaban J connectivity index is 1.91. The predicted octanol–water partition coefficient (Wildman–Crippen LogP) is 1.56. The zero-order valence-corrected chi connectivity index (χ0v) is 14.1. The molecule has 0 saturated carbocycles. The third-order valence-electron chi connectivity index (χ3n) is 3.71. The van der Waals surface area contributed by atoms with Crippen LogP contribution in [0.1, 0.15) is 26.2 Å². The second kappa shape index (κ2) is 7.59. The average Bonchev–Trinajstić information content (AvgIpc) is 2.55. The number of hydrogen-bond donors (Lipinski definition) is 2. The van der Waals surface area contributed by atoms with E-state index < -0.39 is 22.0 Å². The van der Waals surface area contributed by atoms with E-state index in [9.17, 15) is 18.0 Å². The number of anilines is 1. The number of nitrogens with one attached hydrogen (secondary N) is 1. The Morgan fingerprint density at radius 1 is 1.25 bits per heavy atom. The van der Waals surface area contributed by atoms with Gasteiger partial charge >= 0.3 is 5.97 Å². The van der Waals surface area contributed by atoms with Crippen molar-refractivity contribution in [1.82, 2.24) is 0 Å². The molecule has 1 amide bonds. The van der Waals surface area contributed by atoms with Crippen molar-refractivity contribution < 1.29 is 22.7 Å². The standard InChI is InChI=1S/C16H20N2O5S/c1-11(23-16(20)12-5-3-2-4-6-12)15(19)18-13-7-9-14(10-8-13)24(17,21)22/h2-3,7-12H,4-6H2,1H3,(H,18,19)(H2,17,21,22)/t11-,12-/m0/s1. The minimum atomic E-state index is -3.78. The summed E-state index contributed by atoms with van der Waals surface area (Å²) in [6.45, 7) is 1.49. The molecule has 130 valence electrons. The van der Waals surface area contributed by atoms with Gasteiger partial charge < -0.3 is 10.1 Å². The van der Waals surface area contributed by atoms with Gasteiger partial charge in [0.05, 0.1) is 10.8 Å². The molecule has 1 aliphatic rings. The van der Waals surface area contributed by atoms with E-state index in [0.29, 0.717) is 12.1 Å². The summed E-state index contributed by atoms with van der Waals surface area (Å²) in [7, 11) is -3.78. The summed E-state index contributed by atoms with van der Waals surface area (Å²) in [6.07, 6.45) is 5.19. The first-order valence-electron chi connectivity index (χ1n) is 7.56. The minimum Gasteiger partial charge on any atom is -0.452 e. The summed E-state index contributed by atoms with van der Waals surface area (Å²) in [5.41, 5.74) is 0.385. The highest BCUT2D eigenvalue weighted by molar-refractivity contribution is 7.89. The number of carbonyl (C=O) groups excluding carboxylic acids is 2. The molecule has 0 aliphatic heterocycles. The average molecular weight is 352 g/mol. The van der Waals surface area contributed by atoms with Crippen LogP contribution in [0.25, 0.3) is 0 Å². The van der Waals surface area contributed by atoms with Gasteiger partial charge in [0.2, 0.25) is 10.0 Å². The number of esters is 1. The lowest BCUT2D eigenvalue weighted by molar-refractivity contribution is -0.157. The topological polar surface area (TPSA) is 116 Å².